The molecule has 0 aliphatic rings. The predicted octanol–water partition coefficient (Wildman–Crippen LogP) is 4.55. The van der Waals surface area contributed by atoms with E-state index in [9.17, 15) is 9.59 Å². The van der Waals surface area contributed by atoms with Gasteiger partial charge in [-0.15, -0.1) is 0 Å². The summed E-state index contributed by atoms with van der Waals surface area (Å²) in [6.07, 6.45) is 12.9. The summed E-state index contributed by atoms with van der Waals surface area (Å²) in [5, 5.41) is 0. The third kappa shape index (κ3) is 7.74. The number of Topliss-reactive ketones (excluding diaryl/α,β-unsaturated/α-hetero) is 1. The second-order valence-corrected chi connectivity index (χ2v) is 5.55. The Labute approximate surface area is 127 Å². The van der Waals surface area contributed by atoms with Crippen LogP contribution in [0.2, 0.25) is 0 Å². The highest BCUT2D eigenvalue weighted by atomic mass is 16.1. The molecule has 0 atom stereocenters. The predicted molar refractivity (Wildman–Crippen MR) is 86.7 cm³/mol. The first kappa shape index (κ1) is 17.5. The van der Waals surface area contributed by atoms with Gasteiger partial charge in [-0.1, -0.05) is 64.4 Å². The Hall–Kier alpha value is -1.51. The summed E-state index contributed by atoms with van der Waals surface area (Å²) in [7, 11) is 0. The fourth-order valence-electron chi connectivity index (χ4n) is 2.40. The number of ketones is 1. The third-order valence-electron chi connectivity index (χ3n) is 3.69. The summed E-state index contributed by atoms with van der Waals surface area (Å²) in [5.74, 6) is -0.0772. The van der Waals surface area contributed by atoms with Crippen LogP contribution in [0.1, 0.15) is 81.5 Å². The number of unbranched alkanes of at least 4 members (excludes halogenated alkanes) is 8. The SMILES string of the molecule is CCCCCCCCCCCC(=O)c1ccccnc1=O. The van der Waals surface area contributed by atoms with Crippen molar-refractivity contribution < 1.29 is 4.79 Å². The van der Waals surface area contributed by atoms with Gasteiger partial charge in [0.05, 0.1) is 5.56 Å². The molecular weight excluding hydrogens is 262 g/mol. The molecule has 0 aromatic carbocycles. The van der Waals surface area contributed by atoms with E-state index in [1.165, 1.54) is 51.1 Å². The molecule has 0 amide bonds. The first-order chi connectivity index (χ1) is 10.3. The van der Waals surface area contributed by atoms with Gasteiger partial charge < -0.3 is 0 Å². The molecule has 0 bridgehead atoms. The summed E-state index contributed by atoms with van der Waals surface area (Å²) in [4.78, 5) is 27.2. The number of hydrogen-bond acceptors (Lipinski definition) is 3. The maximum atomic E-state index is 12.0. The molecule has 0 fully saturated rings. The van der Waals surface area contributed by atoms with Crippen LogP contribution in [0.4, 0.5) is 0 Å². The Morgan fingerprint density at radius 1 is 0.952 bits per heavy atom. The van der Waals surface area contributed by atoms with Crippen LogP contribution in [-0.2, 0) is 0 Å². The molecule has 0 radical (unpaired) electrons. The van der Waals surface area contributed by atoms with E-state index in [2.05, 4.69) is 11.9 Å². The van der Waals surface area contributed by atoms with Crippen LogP contribution < -0.4 is 5.56 Å². The van der Waals surface area contributed by atoms with Crippen molar-refractivity contribution in [2.24, 2.45) is 0 Å². The van der Waals surface area contributed by atoms with Crippen molar-refractivity contribution in [2.45, 2.75) is 71.1 Å². The van der Waals surface area contributed by atoms with Crippen molar-refractivity contribution in [1.29, 1.82) is 0 Å². The molecule has 1 rings (SSSR count). The van der Waals surface area contributed by atoms with E-state index in [4.69, 9.17) is 0 Å². The van der Waals surface area contributed by atoms with Crippen molar-refractivity contribution in [3.63, 3.8) is 0 Å². The van der Waals surface area contributed by atoms with Gasteiger partial charge in [0, 0.05) is 12.6 Å². The van der Waals surface area contributed by atoms with E-state index in [0.717, 1.165) is 12.8 Å². The Kier molecular flexibility index (Phi) is 9.34. The van der Waals surface area contributed by atoms with Crippen LogP contribution in [0, 0.1) is 0 Å². The van der Waals surface area contributed by atoms with Gasteiger partial charge in [0.2, 0.25) is 0 Å². The number of rotatable bonds is 11. The van der Waals surface area contributed by atoms with Crippen molar-refractivity contribution in [2.75, 3.05) is 0 Å². The quantitative estimate of drug-likeness (QED) is 0.443. The summed E-state index contributed by atoms with van der Waals surface area (Å²) < 4.78 is 0. The Balaban J connectivity index is 2.14. The molecule has 1 aromatic heterocycles. The average Bonchev–Trinajstić information content (AvgIpc) is 2.70. The maximum absolute atomic E-state index is 12.0. The molecule has 116 valence electrons. The minimum absolute atomic E-state index is 0.0772. The molecule has 1 aromatic rings. The van der Waals surface area contributed by atoms with Crippen LogP contribution in [0.15, 0.2) is 29.2 Å². The first-order valence-corrected chi connectivity index (χ1v) is 8.24. The summed E-state index contributed by atoms with van der Waals surface area (Å²) in [6.45, 7) is 2.23. The summed E-state index contributed by atoms with van der Waals surface area (Å²) in [6, 6.07) is 4.93. The molecule has 1 heterocycles. The van der Waals surface area contributed by atoms with Crippen LogP contribution in [0.25, 0.3) is 0 Å². The molecule has 0 saturated carbocycles. The number of carbonyl (C=O) groups excluding carboxylic acids is 1. The number of hydrogen-bond donors (Lipinski definition) is 0. The number of aromatic nitrogens is 1. The second kappa shape index (κ2) is 11.2. The maximum Gasteiger partial charge on any atom is 0.280 e. The van der Waals surface area contributed by atoms with Gasteiger partial charge in [0.1, 0.15) is 0 Å². The Bertz CT molecular complexity index is 471. The van der Waals surface area contributed by atoms with Crippen LogP contribution >= 0.6 is 0 Å². The third-order valence-corrected chi connectivity index (χ3v) is 3.69. The lowest BCUT2D eigenvalue weighted by Gasteiger charge is -2.01. The number of carbonyl (C=O) groups is 1. The van der Waals surface area contributed by atoms with Crippen molar-refractivity contribution in [3.8, 4) is 0 Å². The fraction of sp³-hybridized carbons (Fsp3) is 0.611. The molecule has 0 unspecified atom stereocenters. The molecule has 0 saturated heterocycles. The van der Waals surface area contributed by atoms with Gasteiger partial charge in [-0.25, -0.2) is 4.98 Å². The van der Waals surface area contributed by atoms with Gasteiger partial charge in [-0.05, 0) is 18.6 Å². The molecule has 0 spiro atoms. The Morgan fingerprint density at radius 3 is 2.24 bits per heavy atom. The van der Waals surface area contributed by atoms with E-state index in [1.54, 1.807) is 18.2 Å². The van der Waals surface area contributed by atoms with E-state index < -0.39 is 5.56 Å². The minimum Gasteiger partial charge on any atom is -0.294 e. The molecule has 3 heteroatoms. The van der Waals surface area contributed by atoms with Gasteiger partial charge in [-0.2, -0.15) is 0 Å². The monoisotopic (exact) mass is 289 g/mol. The first-order valence-electron chi connectivity index (χ1n) is 8.24. The highest BCUT2D eigenvalue weighted by molar-refractivity contribution is 5.95. The smallest absolute Gasteiger partial charge is 0.280 e. The number of nitrogens with zero attached hydrogens (tertiary/aromatic N) is 1. The fourth-order valence-corrected chi connectivity index (χ4v) is 2.40. The standard InChI is InChI=1S/C18H27NO2/c1-2-3-4-5-6-7-8-9-10-14-17(20)16-13-11-12-15-19-18(16)21/h11-13,15H,2-10,14H2,1H3. The average molecular weight is 289 g/mol. The van der Waals surface area contributed by atoms with Crippen molar-refractivity contribution in [3.05, 3.63) is 40.3 Å². The Morgan fingerprint density at radius 2 is 1.57 bits per heavy atom. The molecule has 3 nitrogen and oxygen atoms in total. The summed E-state index contributed by atoms with van der Waals surface area (Å²) in [5.41, 5.74) is -0.194. The van der Waals surface area contributed by atoms with E-state index in [-0.39, 0.29) is 11.3 Å². The zero-order chi connectivity index (χ0) is 15.3. The molecule has 0 N–H and O–H groups in total. The zero-order valence-electron chi connectivity index (χ0n) is 13.1. The van der Waals surface area contributed by atoms with Gasteiger partial charge in [0.15, 0.2) is 5.78 Å². The minimum atomic E-state index is -0.416. The largest absolute Gasteiger partial charge is 0.294 e. The second-order valence-electron chi connectivity index (χ2n) is 5.55. The lowest BCUT2D eigenvalue weighted by Crippen LogP contribution is -2.14. The summed E-state index contributed by atoms with van der Waals surface area (Å²) >= 11 is 0. The highest BCUT2D eigenvalue weighted by Crippen LogP contribution is 2.11. The van der Waals surface area contributed by atoms with Crippen LogP contribution in [-0.4, -0.2) is 10.8 Å². The highest BCUT2D eigenvalue weighted by Gasteiger charge is 2.08. The van der Waals surface area contributed by atoms with E-state index in [0.29, 0.717) is 6.42 Å². The normalized spacial score (nSPS) is 10.5. The molecule has 0 aliphatic carbocycles. The lowest BCUT2D eigenvalue weighted by molar-refractivity contribution is 0.0978. The van der Waals surface area contributed by atoms with Gasteiger partial charge in [-0.3, -0.25) is 9.59 Å². The van der Waals surface area contributed by atoms with Crippen molar-refractivity contribution in [1.82, 2.24) is 4.98 Å². The van der Waals surface area contributed by atoms with E-state index >= 15 is 0 Å². The van der Waals surface area contributed by atoms with Crippen LogP contribution in [0.5, 0.6) is 0 Å². The molecular formula is C18H27NO2. The van der Waals surface area contributed by atoms with E-state index in [1.807, 2.05) is 0 Å². The topological polar surface area (TPSA) is 47.0 Å². The van der Waals surface area contributed by atoms with Gasteiger partial charge >= 0.3 is 0 Å². The van der Waals surface area contributed by atoms with Crippen LogP contribution in [0.3, 0.4) is 0 Å². The zero-order valence-corrected chi connectivity index (χ0v) is 13.1. The molecule has 21 heavy (non-hydrogen) atoms. The van der Waals surface area contributed by atoms with Crippen molar-refractivity contribution >= 4 is 5.78 Å². The molecule has 0 aliphatic heterocycles. The van der Waals surface area contributed by atoms with Gasteiger partial charge in [0.25, 0.3) is 5.56 Å². The lowest BCUT2D eigenvalue weighted by atomic mass is 10.0.